The summed E-state index contributed by atoms with van der Waals surface area (Å²) in [5.74, 6) is -0.157. The summed E-state index contributed by atoms with van der Waals surface area (Å²) in [7, 11) is 0. The van der Waals surface area contributed by atoms with E-state index in [1.807, 2.05) is 13.0 Å². The van der Waals surface area contributed by atoms with E-state index in [-0.39, 0.29) is 18.3 Å². The zero-order valence-electron chi connectivity index (χ0n) is 11.1. The van der Waals surface area contributed by atoms with Gasteiger partial charge in [0, 0.05) is 30.7 Å². The second kappa shape index (κ2) is 7.94. The van der Waals surface area contributed by atoms with Crippen LogP contribution in [-0.2, 0) is 13.0 Å². The Labute approximate surface area is 128 Å². The Bertz CT molecular complexity index is 573. The number of pyridine rings is 1. The first-order valence-electron chi connectivity index (χ1n) is 6.03. The molecular weight excluding hydrogens is 296 g/mol. The van der Waals surface area contributed by atoms with Gasteiger partial charge in [-0.05, 0) is 30.7 Å². The molecule has 2 aromatic heterocycles. The van der Waals surface area contributed by atoms with Crippen molar-refractivity contribution in [2.75, 3.05) is 6.54 Å². The lowest BCUT2D eigenvalue weighted by molar-refractivity contribution is 0.0946. The van der Waals surface area contributed by atoms with Gasteiger partial charge in [-0.3, -0.25) is 9.78 Å². The van der Waals surface area contributed by atoms with Crippen LogP contribution in [0.4, 0.5) is 0 Å². The van der Waals surface area contributed by atoms with Crippen LogP contribution in [0.2, 0.25) is 0 Å². The van der Waals surface area contributed by atoms with Crippen LogP contribution in [0.25, 0.3) is 0 Å². The minimum atomic E-state index is -0.157. The number of carbonyl (C=O) groups is 1. The fourth-order valence-corrected chi connectivity index (χ4v) is 2.41. The van der Waals surface area contributed by atoms with Gasteiger partial charge in [-0.15, -0.1) is 23.7 Å². The standard InChI is InChI=1S/C13H16N4OS.ClH/c1-9-6-15-5-3-10(9)7-16-13(18)11-8-19-12(17-11)2-4-14;/h3,5-6,8H,2,4,7,14H2,1H3,(H,16,18);1H. The van der Waals surface area contributed by atoms with Gasteiger partial charge in [-0.25, -0.2) is 4.98 Å². The van der Waals surface area contributed by atoms with E-state index in [0.717, 1.165) is 16.1 Å². The maximum atomic E-state index is 11.9. The average Bonchev–Trinajstić information content (AvgIpc) is 2.87. The summed E-state index contributed by atoms with van der Waals surface area (Å²) in [6.45, 7) is 3.00. The molecule has 0 saturated heterocycles. The fourth-order valence-electron chi connectivity index (χ4n) is 1.62. The molecule has 108 valence electrons. The summed E-state index contributed by atoms with van der Waals surface area (Å²) in [6.07, 6.45) is 4.21. The Balaban J connectivity index is 0.00000200. The Kier molecular flexibility index (Phi) is 6.57. The predicted octanol–water partition coefficient (Wildman–Crippen LogP) is 1.70. The van der Waals surface area contributed by atoms with E-state index in [0.29, 0.717) is 25.2 Å². The van der Waals surface area contributed by atoms with Crippen molar-refractivity contribution in [2.24, 2.45) is 5.73 Å². The van der Waals surface area contributed by atoms with E-state index >= 15 is 0 Å². The van der Waals surface area contributed by atoms with Crippen LogP contribution in [0.3, 0.4) is 0 Å². The van der Waals surface area contributed by atoms with E-state index in [2.05, 4.69) is 15.3 Å². The second-order valence-electron chi connectivity index (χ2n) is 4.15. The number of aromatic nitrogens is 2. The average molecular weight is 313 g/mol. The molecule has 3 N–H and O–H groups in total. The molecule has 0 aliphatic rings. The van der Waals surface area contributed by atoms with Crippen molar-refractivity contribution in [3.05, 3.63) is 45.7 Å². The third-order valence-corrected chi connectivity index (χ3v) is 3.63. The predicted molar refractivity (Wildman–Crippen MR) is 82.3 cm³/mol. The number of hydrogen-bond donors (Lipinski definition) is 2. The van der Waals surface area contributed by atoms with Crippen molar-refractivity contribution < 1.29 is 4.79 Å². The van der Waals surface area contributed by atoms with Gasteiger partial charge in [-0.1, -0.05) is 0 Å². The maximum Gasteiger partial charge on any atom is 0.271 e. The largest absolute Gasteiger partial charge is 0.347 e. The first kappa shape index (κ1) is 16.6. The number of rotatable bonds is 5. The van der Waals surface area contributed by atoms with E-state index in [1.165, 1.54) is 11.3 Å². The molecule has 2 rings (SSSR count). The number of nitrogens with zero attached hydrogens (tertiary/aromatic N) is 2. The van der Waals surface area contributed by atoms with Gasteiger partial charge in [0.2, 0.25) is 0 Å². The zero-order valence-corrected chi connectivity index (χ0v) is 12.8. The number of carbonyl (C=O) groups excluding carboxylic acids is 1. The van der Waals surface area contributed by atoms with Gasteiger partial charge in [0.15, 0.2) is 0 Å². The monoisotopic (exact) mass is 312 g/mol. The summed E-state index contributed by atoms with van der Waals surface area (Å²) in [6, 6.07) is 1.90. The summed E-state index contributed by atoms with van der Waals surface area (Å²) in [5.41, 5.74) is 8.03. The molecule has 0 unspecified atom stereocenters. The van der Waals surface area contributed by atoms with Crippen LogP contribution in [0.1, 0.15) is 26.6 Å². The molecule has 2 heterocycles. The highest BCUT2D eigenvalue weighted by Crippen LogP contribution is 2.10. The molecule has 0 fully saturated rings. The lowest BCUT2D eigenvalue weighted by atomic mass is 10.1. The molecule has 0 spiro atoms. The van der Waals surface area contributed by atoms with Gasteiger partial charge in [0.25, 0.3) is 5.91 Å². The van der Waals surface area contributed by atoms with Crippen molar-refractivity contribution in [3.8, 4) is 0 Å². The number of thiazole rings is 1. The summed E-state index contributed by atoms with van der Waals surface area (Å²) in [4.78, 5) is 20.2. The second-order valence-corrected chi connectivity index (χ2v) is 5.09. The molecule has 7 heteroatoms. The maximum absolute atomic E-state index is 11.9. The molecule has 2 aromatic rings. The number of nitrogens with one attached hydrogen (secondary N) is 1. The normalized spacial score (nSPS) is 9.90. The molecule has 0 atom stereocenters. The van der Waals surface area contributed by atoms with Crippen LogP contribution in [0.5, 0.6) is 0 Å². The van der Waals surface area contributed by atoms with E-state index in [4.69, 9.17) is 5.73 Å². The molecule has 5 nitrogen and oxygen atoms in total. The van der Waals surface area contributed by atoms with Crippen LogP contribution >= 0.6 is 23.7 Å². The first-order chi connectivity index (χ1) is 9.20. The SMILES string of the molecule is Cc1cnccc1CNC(=O)c1csc(CCN)n1.Cl. The first-order valence-corrected chi connectivity index (χ1v) is 6.91. The van der Waals surface area contributed by atoms with Gasteiger partial charge >= 0.3 is 0 Å². The van der Waals surface area contributed by atoms with E-state index in [1.54, 1.807) is 17.8 Å². The summed E-state index contributed by atoms with van der Waals surface area (Å²) in [5, 5.41) is 5.52. The van der Waals surface area contributed by atoms with Crippen LogP contribution in [0, 0.1) is 6.92 Å². The number of halogens is 1. The van der Waals surface area contributed by atoms with Crippen LogP contribution in [0.15, 0.2) is 23.8 Å². The summed E-state index contributed by atoms with van der Waals surface area (Å²) < 4.78 is 0. The highest BCUT2D eigenvalue weighted by molar-refractivity contribution is 7.09. The van der Waals surface area contributed by atoms with Gasteiger partial charge in [-0.2, -0.15) is 0 Å². The smallest absolute Gasteiger partial charge is 0.271 e. The van der Waals surface area contributed by atoms with Crippen molar-refractivity contribution >= 4 is 29.7 Å². The van der Waals surface area contributed by atoms with E-state index < -0.39 is 0 Å². The third kappa shape index (κ3) is 4.26. The number of amides is 1. The molecule has 0 aliphatic heterocycles. The van der Waals surface area contributed by atoms with Crippen molar-refractivity contribution in [1.82, 2.24) is 15.3 Å². The Morgan fingerprint density at radius 2 is 2.30 bits per heavy atom. The minimum absolute atomic E-state index is 0. The molecule has 0 aliphatic carbocycles. The Morgan fingerprint density at radius 1 is 1.50 bits per heavy atom. The molecule has 0 bridgehead atoms. The molecule has 0 saturated carbocycles. The molecule has 1 amide bonds. The van der Waals surface area contributed by atoms with Gasteiger partial charge in [0.1, 0.15) is 5.69 Å². The highest BCUT2D eigenvalue weighted by Gasteiger charge is 2.10. The molecular formula is C13H17ClN4OS. The summed E-state index contributed by atoms with van der Waals surface area (Å²) >= 11 is 1.47. The molecule has 20 heavy (non-hydrogen) atoms. The Morgan fingerprint density at radius 3 is 3.00 bits per heavy atom. The van der Waals surface area contributed by atoms with Crippen LogP contribution in [-0.4, -0.2) is 22.4 Å². The lowest BCUT2D eigenvalue weighted by Gasteiger charge is -2.05. The topological polar surface area (TPSA) is 80.9 Å². The van der Waals surface area contributed by atoms with Crippen molar-refractivity contribution in [3.63, 3.8) is 0 Å². The number of aryl methyl sites for hydroxylation is 1. The molecule has 0 radical (unpaired) electrons. The number of hydrogen-bond acceptors (Lipinski definition) is 5. The van der Waals surface area contributed by atoms with Crippen molar-refractivity contribution in [2.45, 2.75) is 19.9 Å². The third-order valence-electron chi connectivity index (χ3n) is 2.72. The van der Waals surface area contributed by atoms with Crippen LogP contribution < -0.4 is 11.1 Å². The molecule has 0 aromatic carbocycles. The van der Waals surface area contributed by atoms with E-state index in [9.17, 15) is 4.79 Å². The zero-order chi connectivity index (χ0) is 13.7. The fraction of sp³-hybridized carbons (Fsp3) is 0.308. The van der Waals surface area contributed by atoms with Gasteiger partial charge < -0.3 is 11.1 Å². The number of nitrogens with two attached hydrogens (primary N) is 1. The minimum Gasteiger partial charge on any atom is -0.347 e. The Hall–Kier alpha value is -1.50. The highest BCUT2D eigenvalue weighted by atomic mass is 35.5. The lowest BCUT2D eigenvalue weighted by Crippen LogP contribution is -2.23. The van der Waals surface area contributed by atoms with Gasteiger partial charge in [0.05, 0.1) is 5.01 Å². The quantitative estimate of drug-likeness (QED) is 0.880. The van der Waals surface area contributed by atoms with Crippen molar-refractivity contribution in [1.29, 1.82) is 0 Å².